The number of aliphatic hydroxyl groups is 1. The Balaban J connectivity index is 2.35. The number of ether oxygens (including phenoxy) is 1. The van der Waals surface area contributed by atoms with Crippen molar-refractivity contribution in [2.45, 2.75) is 12.3 Å². The summed E-state index contributed by atoms with van der Waals surface area (Å²) in [5.41, 5.74) is 4.68. The molecule has 1 aromatic rings. The molecule has 2 atom stereocenters. The molecule has 0 aromatic carbocycles. The predicted molar refractivity (Wildman–Crippen MR) is 53.1 cm³/mol. The van der Waals surface area contributed by atoms with E-state index in [1.807, 2.05) is 0 Å². The van der Waals surface area contributed by atoms with Crippen LogP contribution in [-0.2, 0) is 4.74 Å². The molecule has 0 spiro atoms. The zero-order valence-corrected chi connectivity index (χ0v) is 8.21. The van der Waals surface area contributed by atoms with Gasteiger partial charge in [0.05, 0.1) is 6.61 Å². The lowest BCUT2D eigenvalue weighted by Gasteiger charge is -2.23. The molecule has 1 aliphatic rings. The van der Waals surface area contributed by atoms with Gasteiger partial charge in [-0.05, 0) is 12.1 Å². The Morgan fingerprint density at radius 3 is 3.06 bits per heavy atom. The van der Waals surface area contributed by atoms with Crippen molar-refractivity contribution in [3.63, 3.8) is 0 Å². The van der Waals surface area contributed by atoms with Crippen LogP contribution in [0, 0.1) is 0 Å². The molecule has 0 saturated carbocycles. The van der Waals surface area contributed by atoms with E-state index < -0.39 is 23.8 Å². The number of nitrogens with zero attached hydrogens (tertiary/aromatic N) is 2. The van der Waals surface area contributed by atoms with Gasteiger partial charge in [-0.1, -0.05) is 0 Å². The summed E-state index contributed by atoms with van der Waals surface area (Å²) in [4.78, 5) is 14.9. The van der Waals surface area contributed by atoms with E-state index >= 15 is 0 Å². The molecule has 86 valence electrons. The smallest absolute Gasteiger partial charge is 0.351 e. The number of nitrogens with two attached hydrogens (primary N) is 1. The van der Waals surface area contributed by atoms with Crippen LogP contribution in [0.25, 0.3) is 0 Å². The highest BCUT2D eigenvalue weighted by Gasteiger charge is 2.23. The summed E-state index contributed by atoms with van der Waals surface area (Å²) in [6, 6.07) is 1.40. The van der Waals surface area contributed by atoms with Gasteiger partial charge >= 0.3 is 5.69 Å². The lowest BCUT2D eigenvalue weighted by Crippen LogP contribution is -2.32. The fourth-order valence-corrected chi connectivity index (χ4v) is 1.34. The third kappa shape index (κ3) is 1.95. The molecule has 0 radical (unpaired) electrons. The average molecular weight is 227 g/mol. The van der Waals surface area contributed by atoms with Gasteiger partial charge in [0.1, 0.15) is 17.7 Å². The van der Waals surface area contributed by atoms with Gasteiger partial charge in [0.2, 0.25) is 0 Å². The lowest BCUT2D eigenvalue weighted by molar-refractivity contribution is -0.0345. The number of aromatic nitrogens is 2. The van der Waals surface area contributed by atoms with Crippen molar-refractivity contribution in [1.29, 1.82) is 0 Å². The van der Waals surface area contributed by atoms with Crippen molar-refractivity contribution >= 4 is 5.82 Å². The minimum atomic E-state index is -1.27. The zero-order chi connectivity index (χ0) is 11.7. The Morgan fingerprint density at radius 2 is 2.44 bits per heavy atom. The molecule has 6 nitrogen and oxygen atoms in total. The van der Waals surface area contributed by atoms with Crippen LogP contribution in [0.15, 0.2) is 29.0 Å². The van der Waals surface area contributed by atoms with E-state index in [0.29, 0.717) is 0 Å². The van der Waals surface area contributed by atoms with Crippen LogP contribution < -0.4 is 11.4 Å². The Labute approximate surface area is 89.8 Å². The molecule has 2 rings (SSSR count). The molecule has 0 amide bonds. The lowest BCUT2D eigenvalue weighted by atomic mass is 10.2. The van der Waals surface area contributed by atoms with Crippen LogP contribution >= 0.6 is 0 Å². The molecular formula is C9H10FN3O3. The van der Waals surface area contributed by atoms with Crippen molar-refractivity contribution < 1.29 is 14.2 Å². The van der Waals surface area contributed by atoms with E-state index in [9.17, 15) is 9.18 Å². The Bertz CT molecular complexity index is 485. The summed E-state index contributed by atoms with van der Waals surface area (Å²) < 4.78 is 19.3. The van der Waals surface area contributed by atoms with Crippen LogP contribution in [0.2, 0.25) is 0 Å². The minimum Gasteiger partial charge on any atom is -0.384 e. The largest absolute Gasteiger partial charge is 0.384 e. The highest BCUT2D eigenvalue weighted by Crippen LogP contribution is 2.20. The number of halogens is 1. The Kier molecular flexibility index (Phi) is 2.71. The molecule has 3 N–H and O–H groups in total. The van der Waals surface area contributed by atoms with Gasteiger partial charge in [-0.2, -0.15) is 4.98 Å². The van der Waals surface area contributed by atoms with Gasteiger partial charge < -0.3 is 15.6 Å². The maximum Gasteiger partial charge on any atom is 0.351 e. The van der Waals surface area contributed by atoms with E-state index in [2.05, 4.69) is 4.98 Å². The highest BCUT2D eigenvalue weighted by molar-refractivity contribution is 5.23. The van der Waals surface area contributed by atoms with Gasteiger partial charge in [0.15, 0.2) is 6.23 Å². The molecule has 0 unspecified atom stereocenters. The summed E-state index contributed by atoms with van der Waals surface area (Å²) >= 11 is 0. The van der Waals surface area contributed by atoms with Crippen molar-refractivity contribution in [1.82, 2.24) is 9.55 Å². The quantitative estimate of drug-likeness (QED) is 0.679. The summed E-state index contributed by atoms with van der Waals surface area (Å²) in [5.74, 6) is -0.637. The van der Waals surface area contributed by atoms with Crippen LogP contribution in [0.5, 0.6) is 0 Å². The third-order valence-corrected chi connectivity index (χ3v) is 2.17. The SMILES string of the molecule is Nc1ccn([C@@H]2C=C(F)[C@@H](O)CO2)c(=O)n1. The normalized spacial score (nSPS) is 25.2. The second-order valence-corrected chi connectivity index (χ2v) is 3.33. The minimum absolute atomic E-state index is 0.0848. The molecular weight excluding hydrogens is 217 g/mol. The Morgan fingerprint density at radius 1 is 1.69 bits per heavy atom. The topological polar surface area (TPSA) is 90.4 Å². The number of nitrogen functional groups attached to an aromatic ring is 1. The molecule has 2 heterocycles. The number of rotatable bonds is 1. The first-order chi connectivity index (χ1) is 7.58. The number of hydrogen-bond donors (Lipinski definition) is 2. The van der Waals surface area contributed by atoms with Crippen molar-refractivity contribution in [3.8, 4) is 0 Å². The fraction of sp³-hybridized carbons (Fsp3) is 0.333. The van der Waals surface area contributed by atoms with Gasteiger partial charge in [0.25, 0.3) is 0 Å². The summed E-state index contributed by atoms with van der Waals surface area (Å²) in [5, 5.41) is 9.06. The van der Waals surface area contributed by atoms with E-state index in [4.69, 9.17) is 15.6 Å². The van der Waals surface area contributed by atoms with E-state index in [-0.39, 0.29) is 12.4 Å². The maximum atomic E-state index is 13.1. The van der Waals surface area contributed by atoms with Gasteiger partial charge in [0, 0.05) is 6.20 Å². The van der Waals surface area contributed by atoms with Crippen LogP contribution in [0.3, 0.4) is 0 Å². The molecule has 0 bridgehead atoms. The van der Waals surface area contributed by atoms with E-state index in [0.717, 1.165) is 10.6 Å². The molecule has 1 aliphatic heterocycles. The molecule has 0 aliphatic carbocycles. The van der Waals surface area contributed by atoms with Crippen LogP contribution in [0.1, 0.15) is 6.23 Å². The second kappa shape index (κ2) is 4.03. The highest BCUT2D eigenvalue weighted by atomic mass is 19.1. The van der Waals surface area contributed by atoms with Crippen molar-refractivity contribution in [3.05, 3.63) is 34.7 Å². The van der Waals surface area contributed by atoms with E-state index in [1.54, 1.807) is 0 Å². The first kappa shape index (κ1) is 10.8. The number of hydrogen-bond acceptors (Lipinski definition) is 5. The fourth-order valence-electron chi connectivity index (χ4n) is 1.34. The average Bonchev–Trinajstić information content (AvgIpc) is 2.22. The summed E-state index contributed by atoms with van der Waals surface area (Å²) in [7, 11) is 0. The maximum absolute atomic E-state index is 13.1. The monoisotopic (exact) mass is 227 g/mol. The van der Waals surface area contributed by atoms with Gasteiger partial charge in [-0.25, -0.2) is 9.18 Å². The Hall–Kier alpha value is -1.73. The van der Waals surface area contributed by atoms with Crippen molar-refractivity contribution in [2.75, 3.05) is 12.3 Å². The number of aliphatic hydroxyl groups excluding tert-OH is 1. The van der Waals surface area contributed by atoms with Gasteiger partial charge in [-0.3, -0.25) is 4.57 Å². The number of anilines is 1. The molecule has 7 heteroatoms. The first-order valence-electron chi connectivity index (χ1n) is 4.59. The molecule has 1 aromatic heterocycles. The molecule has 16 heavy (non-hydrogen) atoms. The van der Waals surface area contributed by atoms with Crippen LogP contribution in [-0.4, -0.2) is 27.4 Å². The second-order valence-electron chi connectivity index (χ2n) is 3.33. The van der Waals surface area contributed by atoms with Gasteiger partial charge in [-0.15, -0.1) is 0 Å². The predicted octanol–water partition coefficient (Wildman–Crippen LogP) is -0.431. The molecule has 0 saturated heterocycles. The summed E-state index contributed by atoms with van der Waals surface area (Å²) in [6.07, 6.45) is 0.210. The van der Waals surface area contributed by atoms with Crippen molar-refractivity contribution in [2.24, 2.45) is 0 Å². The standard InChI is InChI=1S/C9H10FN3O3/c10-5-3-8(16-4-6(5)14)13-2-1-7(11)12-9(13)15/h1-3,6,8,14H,4H2,(H2,11,12,15)/t6-,8-/m0/s1. The first-order valence-corrected chi connectivity index (χ1v) is 4.59. The van der Waals surface area contributed by atoms with E-state index in [1.165, 1.54) is 12.3 Å². The third-order valence-electron chi connectivity index (χ3n) is 2.17. The summed E-state index contributed by atoms with van der Waals surface area (Å²) in [6.45, 7) is -0.205. The molecule has 0 fully saturated rings. The zero-order valence-electron chi connectivity index (χ0n) is 8.21. The van der Waals surface area contributed by atoms with Crippen LogP contribution in [0.4, 0.5) is 10.2 Å².